The second-order valence-electron chi connectivity index (χ2n) is 4.95. The molecule has 0 saturated carbocycles. The number of ether oxygens (including phenoxy) is 1. The summed E-state index contributed by atoms with van der Waals surface area (Å²) in [5.74, 6) is 0.183. The van der Waals surface area contributed by atoms with Crippen molar-refractivity contribution in [3.05, 3.63) is 58.1 Å². The van der Waals surface area contributed by atoms with Crippen molar-refractivity contribution < 1.29 is 9.53 Å². The summed E-state index contributed by atoms with van der Waals surface area (Å²) in [6, 6.07) is 11.3. The zero-order valence-electron chi connectivity index (χ0n) is 12.8. The van der Waals surface area contributed by atoms with E-state index in [1.54, 1.807) is 42.5 Å². The van der Waals surface area contributed by atoms with E-state index in [9.17, 15) is 4.79 Å². The molecule has 0 aliphatic carbocycles. The smallest absolute Gasteiger partial charge is 0.252 e. The molecule has 2 aromatic carbocycles. The van der Waals surface area contributed by atoms with Crippen LogP contribution in [0.1, 0.15) is 10.4 Å². The molecule has 25 heavy (non-hydrogen) atoms. The molecule has 2 N–H and O–H groups in total. The Morgan fingerprint density at radius 2 is 1.72 bits per heavy atom. The summed E-state index contributed by atoms with van der Waals surface area (Å²) in [6.45, 7) is 0. The zero-order valence-corrected chi connectivity index (χ0v) is 16.6. The molecule has 0 fully saturated rings. The van der Waals surface area contributed by atoms with Crippen molar-refractivity contribution in [1.29, 1.82) is 0 Å². The first-order valence-corrected chi connectivity index (χ1v) is 8.83. The minimum atomic E-state index is -1.84. The van der Waals surface area contributed by atoms with Crippen molar-refractivity contribution in [3.63, 3.8) is 0 Å². The van der Waals surface area contributed by atoms with Crippen molar-refractivity contribution in [2.75, 3.05) is 12.4 Å². The molecule has 0 saturated heterocycles. The van der Waals surface area contributed by atoms with Crippen LogP contribution in [0.2, 0.25) is 10.0 Å². The Morgan fingerprint density at radius 1 is 1.08 bits per heavy atom. The molecule has 0 aliphatic heterocycles. The highest BCUT2D eigenvalue weighted by atomic mass is 35.6. The molecule has 1 amide bonds. The minimum absolute atomic E-state index is 0.363. The molecule has 0 aromatic heterocycles. The fraction of sp³-hybridized carbons (Fsp3) is 0.188. The fourth-order valence-electron chi connectivity index (χ4n) is 1.92. The largest absolute Gasteiger partial charge is 0.497 e. The number of carbonyl (C=O) groups excluding carboxylic acids is 1. The molecule has 1 unspecified atom stereocenters. The van der Waals surface area contributed by atoms with E-state index >= 15 is 0 Å². The average molecular weight is 443 g/mol. The molecular weight excluding hydrogens is 429 g/mol. The quantitative estimate of drug-likeness (QED) is 0.472. The summed E-state index contributed by atoms with van der Waals surface area (Å²) in [7, 11) is 1.53. The fourth-order valence-corrected chi connectivity index (χ4v) is 2.59. The summed E-state index contributed by atoms with van der Waals surface area (Å²) in [5, 5.41) is 6.30. The first kappa shape index (κ1) is 20.3. The molecule has 0 heterocycles. The number of alkyl halides is 3. The number of carbonyl (C=O) groups is 1. The van der Waals surface area contributed by atoms with E-state index in [0.717, 1.165) is 0 Å². The van der Waals surface area contributed by atoms with Crippen molar-refractivity contribution in [1.82, 2.24) is 5.32 Å². The summed E-state index contributed by atoms with van der Waals surface area (Å²) >= 11 is 30.0. The van der Waals surface area contributed by atoms with Crippen LogP contribution in [0.25, 0.3) is 0 Å². The number of nitrogens with one attached hydrogen (secondary N) is 2. The highest BCUT2D eigenvalue weighted by Gasteiger charge is 2.34. The SMILES string of the molecule is COc1ccc(C(=O)NC(Nc2cc(Cl)ccc2Cl)C(Cl)(Cl)Cl)cc1. The maximum atomic E-state index is 12.4. The van der Waals surface area contributed by atoms with E-state index in [2.05, 4.69) is 10.6 Å². The van der Waals surface area contributed by atoms with Crippen LogP contribution in [-0.4, -0.2) is 23.0 Å². The number of halogens is 5. The van der Waals surface area contributed by atoms with Gasteiger partial charge in [-0.05, 0) is 42.5 Å². The van der Waals surface area contributed by atoms with Gasteiger partial charge in [-0.15, -0.1) is 0 Å². The first-order valence-electron chi connectivity index (χ1n) is 6.94. The highest BCUT2D eigenvalue weighted by molar-refractivity contribution is 6.68. The Kier molecular flexibility index (Phi) is 6.94. The molecule has 2 rings (SSSR count). The summed E-state index contributed by atoms with van der Waals surface area (Å²) < 4.78 is 3.21. The van der Waals surface area contributed by atoms with Gasteiger partial charge in [0.25, 0.3) is 5.91 Å². The number of hydrogen-bond acceptors (Lipinski definition) is 3. The number of rotatable bonds is 5. The van der Waals surface area contributed by atoms with Crippen LogP contribution in [0.3, 0.4) is 0 Å². The molecule has 4 nitrogen and oxygen atoms in total. The molecule has 0 aliphatic rings. The zero-order chi connectivity index (χ0) is 18.6. The van der Waals surface area contributed by atoms with E-state index in [0.29, 0.717) is 27.0 Å². The third-order valence-corrected chi connectivity index (χ3v) is 4.40. The lowest BCUT2D eigenvalue weighted by atomic mass is 10.2. The Morgan fingerprint density at radius 3 is 2.28 bits per heavy atom. The lowest BCUT2D eigenvalue weighted by Crippen LogP contribution is -2.49. The van der Waals surface area contributed by atoms with Gasteiger partial charge in [0, 0.05) is 10.6 Å². The molecule has 2 aromatic rings. The highest BCUT2D eigenvalue weighted by Crippen LogP contribution is 2.34. The van der Waals surface area contributed by atoms with Gasteiger partial charge in [0.2, 0.25) is 3.79 Å². The van der Waals surface area contributed by atoms with E-state index in [4.69, 9.17) is 62.7 Å². The predicted molar refractivity (Wildman–Crippen MR) is 105 cm³/mol. The van der Waals surface area contributed by atoms with E-state index in [1.165, 1.54) is 7.11 Å². The lowest BCUT2D eigenvalue weighted by Gasteiger charge is -2.28. The monoisotopic (exact) mass is 440 g/mol. The van der Waals surface area contributed by atoms with Crippen LogP contribution in [-0.2, 0) is 0 Å². The second kappa shape index (κ2) is 8.56. The van der Waals surface area contributed by atoms with Crippen LogP contribution < -0.4 is 15.4 Å². The molecule has 0 bridgehead atoms. The van der Waals surface area contributed by atoms with Crippen LogP contribution in [0.15, 0.2) is 42.5 Å². The van der Waals surface area contributed by atoms with Crippen molar-refractivity contribution >= 4 is 69.6 Å². The summed E-state index contributed by atoms with van der Waals surface area (Å²) in [4.78, 5) is 12.4. The maximum absolute atomic E-state index is 12.4. The Hall–Kier alpha value is -1.04. The predicted octanol–water partition coefficient (Wildman–Crippen LogP) is 5.54. The van der Waals surface area contributed by atoms with Gasteiger partial charge in [0.1, 0.15) is 11.9 Å². The van der Waals surface area contributed by atoms with E-state index in [1.807, 2.05) is 0 Å². The van der Waals surface area contributed by atoms with Gasteiger partial charge < -0.3 is 15.4 Å². The Bertz CT molecular complexity index is 747. The van der Waals surface area contributed by atoms with Gasteiger partial charge in [-0.1, -0.05) is 58.0 Å². The standard InChI is InChI=1S/C16H13Cl5N2O2/c1-25-11-5-2-9(3-6-11)14(24)23-15(16(19,20)21)22-13-8-10(17)4-7-12(13)18/h2-8,15,22H,1H3,(H,23,24). The Labute approximate surface area is 170 Å². The lowest BCUT2D eigenvalue weighted by molar-refractivity contribution is 0.0942. The van der Waals surface area contributed by atoms with Crippen LogP contribution in [0, 0.1) is 0 Å². The van der Waals surface area contributed by atoms with E-state index in [-0.39, 0.29) is 0 Å². The summed E-state index contributed by atoms with van der Waals surface area (Å²) in [5.41, 5.74) is 0.791. The third-order valence-electron chi connectivity index (χ3n) is 3.18. The number of anilines is 1. The third kappa shape index (κ3) is 5.73. The maximum Gasteiger partial charge on any atom is 0.252 e. The van der Waals surface area contributed by atoms with Gasteiger partial charge in [0.05, 0.1) is 17.8 Å². The van der Waals surface area contributed by atoms with Crippen molar-refractivity contribution in [2.45, 2.75) is 9.96 Å². The molecule has 1 atom stereocenters. The van der Waals surface area contributed by atoms with Gasteiger partial charge in [-0.25, -0.2) is 0 Å². The minimum Gasteiger partial charge on any atom is -0.497 e. The van der Waals surface area contributed by atoms with Gasteiger partial charge in [0.15, 0.2) is 0 Å². The Balaban J connectivity index is 2.20. The normalized spacial score (nSPS) is 12.4. The molecule has 0 spiro atoms. The topological polar surface area (TPSA) is 50.4 Å². The van der Waals surface area contributed by atoms with Gasteiger partial charge in [-0.2, -0.15) is 0 Å². The van der Waals surface area contributed by atoms with Crippen LogP contribution in [0.5, 0.6) is 5.75 Å². The van der Waals surface area contributed by atoms with Crippen LogP contribution >= 0.6 is 58.0 Å². The van der Waals surface area contributed by atoms with E-state index < -0.39 is 15.9 Å². The summed E-state index contributed by atoms with van der Waals surface area (Å²) in [6.07, 6.45) is -1.05. The number of hydrogen-bond donors (Lipinski definition) is 2. The van der Waals surface area contributed by atoms with Gasteiger partial charge in [-0.3, -0.25) is 4.79 Å². The number of benzene rings is 2. The first-order chi connectivity index (χ1) is 11.7. The molecule has 134 valence electrons. The van der Waals surface area contributed by atoms with Gasteiger partial charge >= 0.3 is 0 Å². The molecule has 9 heteroatoms. The number of methoxy groups -OCH3 is 1. The molecule has 0 radical (unpaired) electrons. The van der Waals surface area contributed by atoms with Crippen molar-refractivity contribution in [2.24, 2.45) is 0 Å². The molecular formula is C16H13Cl5N2O2. The van der Waals surface area contributed by atoms with Crippen LogP contribution in [0.4, 0.5) is 5.69 Å². The second-order valence-corrected chi connectivity index (χ2v) is 8.16. The number of amides is 1. The average Bonchev–Trinajstić information content (AvgIpc) is 2.56. The van der Waals surface area contributed by atoms with Crippen molar-refractivity contribution in [3.8, 4) is 5.75 Å².